The summed E-state index contributed by atoms with van der Waals surface area (Å²) in [5.74, 6) is 1.38. The van der Waals surface area contributed by atoms with E-state index in [0.717, 1.165) is 28.2 Å². The molecule has 1 aromatic carbocycles. The van der Waals surface area contributed by atoms with Crippen LogP contribution in [0.2, 0.25) is 0 Å². The molecule has 0 spiro atoms. The summed E-state index contributed by atoms with van der Waals surface area (Å²) in [5.41, 5.74) is 4.78. The van der Waals surface area contributed by atoms with Crippen LogP contribution in [0.25, 0.3) is 22.3 Å². The monoisotopic (exact) mass is 467 g/mol. The Morgan fingerprint density at radius 3 is 2.83 bits per heavy atom. The highest BCUT2D eigenvalue weighted by Crippen LogP contribution is 2.25. The first-order valence-electron chi connectivity index (χ1n) is 11.3. The molecule has 176 valence electrons. The van der Waals surface area contributed by atoms with Gasteiger partial charge in [-0.15, -0.1) is 0 Å². The van der Waals surface area contributed by atoms with Crippen molar-refractivity contribution in [2.24, 2.45) is 0 Å². The van der Waals surface area contributed by atoms with Gasteiger partial charge in [0.15, 0.2) is 5.65 Å². The van der Waals surface area contributed by atoms with E-state index < -0.39 is 0 Å². The van der Waals surface area contributed by atoms with Gasteiger partial charge in [0.25, 0.3) is 5.91 Å². The molecule has 0 unspecified atom stereocenters. The summed E-state index contributed by atoms with van der Waals surface area (Å²) in [5, 5.41) is 8.22. The minimum absolute atomic E-state index is 0.188. The number of amides is 1. The number of aryl methyl sites for hydroxylation is 1. The molecule has 0 bridgehead atoms. The number of nitrogens with one attached hydrogen (secondary N) is 1. The number of carbonyl (C=O) groups excluding carboxylic acids is 1. The number of hydrogen-bond donors (Lipinski definition) is 1. The highest BCUT2D eigenvalue weighted by atomic mass is 16.5. The molecular weight excluding hydrogens is 442 g/mol. The first-order valence-corrected chi connectivity index (χ1v) is 11.3. The fourth-order valence-corrected chi connectivity index (χ4v) is 4.07. The van der Waals surface area contributed by atoms with Crippen molar-refractivity contribution in [2.45, 2.75) is 19.9 Å². The zero-order valence-corrected chi connectivity index (χ0v) is 19.6. The maximum atomic E-state index is 13.3. The minimum Gasteiger partial charge on any atom is -0.496 e. The van der Waals surface area contributed by atoms with Crippen LogP contribution < -0.4 is 10.1 Å². The van der Waals surface area contributed by atoms with E-state index in [1.165, 1.54) is 0 Å². The van der Waals surface area contributed by atoms with Crippen molar-refractivity contribution < 1.29 is 13.9 Å². The number of carbonyl (C=O) groups is 1. The first-order chi connectivity index (χ1) is 17.1. The molecule has 0 aliphatic heterocycles. The normalized spacial score (nSPS) is 11.0. The maximum absolute atomic E-state index is 13.3. The molecule has 8 heteroatoms. The van der Waals surface area contributed by atoms with E-state index >= 15 is 0 Å². The maximum Gasteiger partial charge on any atom is 0.252 e. The summed E-state index contributed by atoms with van der Waals surface area (Å²) in [4.78, 5) is 22.4. The van der Waals surface area contributed by atoms with Crippen molar-refractivity contribution in [3.05, 3.63) is 95.8 Å². The third kappa shape index (κ3) is 4.77. The Morgan fingerprint density at radius 1 is 1.14 bits per heavy atom. The standard InChI is InChI=1S/C27H25N5O3/c1-18-7-8-25(34-2)19(13-18)9-11-29-27(33)22-14-24(20-5-3-10-28-15-20)31-26-23(22)16-30-32(26)17-21-6-4-12-35-21/h3-8,10,12-16H,9,11,17H2,1-2H3,(H,29,33). The van der Waals surface area contributed by atoms with Crippen LogP contribution in [0.1, 0.15) is 27.2 Å². The van der Waals surface area contributed by atoms with Crippen LogP contribution in [0.4, 0.5) is 0 Å². The molecule has 35 heavy (non-hydrogen) atoms. The number of hydrogen-bond acceptors (Lipinski definition) is 6. The smallest absolute Gasteiger partial charge is 0.252 e. The summed E-state index contributed by atoms with van der Waals surface area (Å²) in [6.45, 7) is 2.91. The number of aromatic nitrogens is 4. The molecule has 0 saturated carbocycles. The van der Waals surface area contributed by atoms with Gasteiger partial charge in [-0.25, -0.2) is 9.67 Å². The second kappa shape index (κ2) is 9.80. The van der Waals surface area contributed by atoms with Gasteiger partial charge in [0.2, 0.25) is 0 Å². The molecule has 1 N–H and O–H groups in total. The van der Waals surface area contributed by atoms with E-state index in [-0.39, 0.29) is 5.91 Å². The summed E-state index contributed by atoms with van der Waals surface area (Å²) in [6.07, 6.45) is 7.38. The predicted molar refractivity (Wildman–Crippen MR) is 132 cm³/mol. The SMILES string of the molecule is COc1ccc(C)cc1CCNC(=O)c1cc(-c2cccnc2)nc2c1cnn2Cc1ccco1. The second-order valence-corrected chi connectivity index (χ2v) is 8.24. The molecular formula is C27H25N5O3. The van der Waals surface area contributed by atoms with Gasteiger partial charge in [0.1, 0.15) is 18.1 Å². The lowest BCUT2D eigenvalue weighted by Crippen LogP contribution is -2.26. The number of furan rings is 1. The molecule has 8 nitrogen and oxygen atoms in total. The average Bonchev–Trinajstić information content (AvgIpc) is 3.54. The lowest BCUT2D eigenvalue weighted by molar-refractivity contribution is 0.0955. The van der Waals surface area contributed by atoms with Crippen LogP contribution in [0, 0.1) is 6.92 Å². The number of pyridine rings is 2. The Bertz CT molecular complexity index is 1460. The number of methoxy groups -OCH3 is 1. The summed E-state index contributed by atoms with van der Waals surface area (Å²) < 4.78 is 12.7. The van der Waals surface area contributed by atoms with Gasteiger partial charge in [0.05, 0.1) is 36.2 Å². The predicted octanol–water partition coefficient (Wildman–Crippen LogP) is 4.42. The van der Waals surface area contributed by atoms with Crippen molar-refractivity contribution in [2.75, 3.05) is 13.7 Å². The van der Waals surface area contributed by atoms with Gasteiger partial charge >= 0.3 is 0 Å². The van der Waals surface area contributed by atoms with Crippen molar-refractivity contribution in [3.63, 3.8) is 0 Å². The third-order valence-corrected chi connectivity index (χ3v) is 5.81. The average molecular weight is 468 g/mol. The Morgan fingerprint density at radius 2 is 2.06 bits per heavy atom. The van der Waals surface area contributed by atoms with Crippen LogP contribution in [-0.2, 0) is 13.0 Å². The quantitative estimate of drug-likeness (QED) is 0.363. The molecule has 4 heterocycles. The molecule has 5 aromatic rings. The summed E-state index contributed by atoms with van der Waals surface area (Å²) in [7, 11) is 1.65. The zero-order chi connectivity index (χ0) is 24.2. The van der Waals surface area contributed by atoms with Gasteiger partial charge < -0.3 is 14.5 Å². The molecule has 0 fully saturated rings. The molecule has 0 aliphatic rings. The minimum atomic E-state index is -0.188. The fraction of sp³-hybridized carbons (Fsp3) is 0.185. The Balaban J connectivity index is 1.45. The molecule has 5 rings (SSSR count). The first kappa shape index (κ1) is 22.3. The molecule has 1 amide bonds. The van der Waals surface area contributed by atoms with E-state index in [1.807, 2.05) is 43.3 Å². The van der Waals surface area contributed by atoms with E-state index in [0.29, 0.717) is 41.8 Å². The van der Waals surface area contributed by atoms with E-state index in [1.54, 1.807) is 42.7 Å². The highest BCUT2D eigenvalue weighted by molar-refractivity contribution is 6.06. The highest BCUT2D eigenvalue weighted by Gasteiger charge is 2.18. The Labute approximate surface area is 202 Å². The van der Waals surface area contributed by atoms with Crippen LogP contribution in [0.5, 0.6) is 5.75 Å². The van der Waals surface area contributed by atoms with Crippen LogP contribution in [0.3, 0.4) is 0 Å². The topological polar surface area (TPSA) is 95.1 Å². The summed E-state index contributed by atoms with van der Waals surface area (Å²) in [6, 6.07) is 15.3. The number of nitrogens with zero attached hydrogens (tertiary/aromatic N) is 4. The van der Waals surface area contributed by atoms with Crippen molar-refractivity contribution in [1.82, 2.24) is 25.1 Å². The van der Waals surface area contributed by atoms with Gasteiger partial charge in [-0.1, -0.05) is 17.7 Å². The molecule has 0 atom stereocenters. The van der Waals surface area contributed by atoms with Crippen LogP contribution in [0.15, 0.2) is 77.8 Å². The lowest BCUT2D eigenvalue weighted by atomic mass is 10.1. The van der Waals surface area contributed by atoms with Gasteiger partial charge in [-0.3, -0.25) is 9.78 Å². The third-order valence-electron chi connectivity index (χ3n) is 5.81. The number of ether oxygens (including phenoxy) is 1. The van der Waals surface area contributed by atoms with E-state index in [2.05, 4.69) is 21.5 Å². The Kier molecular flexibility index (Phi) is 6.26. The lowest BCUT2D eigenvalue weighted by Gasteiger charge is -2.11. The molecule has 0 radical (unpaired) electrons. The van der Waals surface area contributed by atoms with Crippen molar-refractivity contribution >= 4 is 16.9 Å². The van der Waals surface area contributed by atoms with E-state index in [9.17, 15) is 4.79 Å². The van der Waals surface area contributed by atoms with Gasteiger partial charge in [0, 0.05) is 24.5 Å². The van der Waals surface area contributed by atoms with Gasteiger partial charge in [-0.05, 0) is 55.3 Å². The zero-order valence-electron chi connectivity index (χ0n) is 19.6. The summed E-state index contributed by atoms with van der Waals surface area (Å²) >= 11 is 0. The second-order valence-electron chi connectivity index (χ2n) is 8.24. The van der Waals surface area contributed by atoms with Crippen molar-refractivity contribution in [1.29, 1.82) is 0 Å². The molecule has 4 aromatic heterocycles. The molecule has 0 aliphatic carbocycles. The molecule has 0 saturated heterocycles. The van der Waals surface area contributed by atoms with Crippen molar-refractivity contribution in [3.8, 4) is 17.0 Å². The number of rotatable bonds is 8. The van der Waals surface area contributed by atoms with Crippen LogP contribution in [-0.4, -0.2) is 39.3 Å². The van der Waals surface area contributed by atoms with Crippen LogP contribution >= 0.6 is 0 Å². The fourth-order valence-electron chi connectivity index (χ4n) is 4.07. The van der Waals surface area contributed by atoms with E-state index in [4.69, 9.17) is 14.1 Å². The largest absolute Gasteiger partial charge is 0.496 e. The van der Waals surface area contributed by atoms with Gasteiger partial charge in [-0.2, -0.15) is 5.10 Å². The number of benzene rings is 1. The Hall–Kier alpha value is -4.46. The number of fused-ring (bicyclic) bond motifs is 1.